The number of amides is 1. The van der Waals surface area contributed by atoms with Gasteiger partial charge in [-0.3, -0.25) is 9.59 Å². The molecule has 21 heavy (non-hydrogen) atoms. The van der Waals surface area contributed by atoms with Crippen LogP contribution in [-0.4, -0.2) is 34.5 Å². The molecule has 110 valence electrons. The van der Waals surface area contributed by atoms with E-state index in [9.17, 15) is 14.7 Å². The Morgan fingerprint density at radius 2 is 2.10 bits per heavy atom. The lowest BCUT2D eigenvalue weighted by Crippen LogP contribution is -2.49. The van der Waals surface area contributed by atoms with E-state index in [1.807, 2.05) is 24.3 Å². The average molecular weight is 287 g/mol. The normalized spacial score (nSPS) is 22.4. The molecule has 1 aromatic heterocycles. The minimum atomic E-state index is -0.836. The molecule has 1 N–H and O–H groups in total. The Labute approximate surface area is 122 Å². The molecule has 1 saturated heterocycles. The van der Waals surface area contributed by atoms with Crippen molar-refractivity contribution in [2.45, 2.75) is 25.8 Å². The van der Waals surface area contributed by atoms with Crippen molar-refractivity contribution >= 4 is 22.8 Å². The van der Waals surface area contributed by atoms with Crippen LogP contribution < -0.4 is 0 Å². The number of carboxylic acid groups (broad SMARTS) is 1. The van der Waals surface area contributed by atoms with Crippen molar-refractivity contribution in [3.05, 3.63) is 36.1 Å². The Morgan fingerprint density at radius 3 is 2.86 bits per heavy atom. The van der Waals surface area contributed by atoms with Gasteiger partial charge in [-0.25, -0.2) is 0 Å². The van der Waals surface area contributed by atoms with Crippen LogP contribution in [0.25, 0.3) is 11.0 Å². The molecule has 1 fully saturated rings. The van der Waals surface area contributed by atoms with Crippen LogP contribution in [0.5, 0.6) is 0 Å². The van der Waals surface area contributed by atoms with Crippen LogP contribution in [0.3, 0.4) is 0 Å². The van der Waals surface area contributed by atoms with Gasteiger partial charge < -0.3 is 14.4 Å². The third-order valence-electron chi connectivity index (χ3n) is 4.28. The maximum atomic E-state index is 12.7. The van der Waals surface area contributed by atoms with Crippen molar-refractivity contribution in [2.75, 3.05) is 6.54 Å². The first kappa shape index (κ1) is 13.7. The predicted octanol–water partition coefficient (Wildman–Crippen LogP) is 2.76. The second kappa shape index (κ2) is 5.24. The fourth-order valence-corrected chi connectivity index (χ4v) is 3.06. The number of aliphatic carboxylic acids is 1. The molecule has 5 nitrogen and oxygen atoms in total. The number of rotatable bonds is 2. The lowest BCUT2D eigenvalue weighted by Gasteiger charge is -2.37. The minimum absolute atomic E-state index is 0.154. The Kier molecular flexibility index (Phi) is 3.41. The van der Waals surface area contributed by atoms with Gasteiger partial charge in [-0.2, -0.15) is 0 Å². The van der Waals surface area contributed by atoms with E-state index >= 15 is 0 Å². The molecule has 0 radical (unpaired) electrons. The highest BCUT2D eigenvalue weighted by Crippen LogP contribution is 2.28. The van der Waals surface area contributed by atoms with Gasteiger partial charge in [-0.1, -0.05) is 18.2 Å². The maximum absolute atomic E-state index is 12.7. The van der Waals surface area contributed by atoms with Gasteiger partial charge in [-0.15, -0.1) is 0 Å². The number of furan rings is 1. The maximum Gasteiger partial charge on any atom is 0.308 e. The summed E-state index contributed by atoms with van der Waals surface area (Å²) in [7, 11) is 0. The van der Waals surface area contributed by atoms with Gasteiger partial charge in [0.15, 0.2) is 0 Å². The molecule has 1 aliphatic heterocycles. The van der Waals surface area contributed by atoms with E-state index < -0.39 is 11.9 Å². The number of carbonyl (C=O) groups excluding carboxylic acids is 1. The molecule has 3 rings (SSSR count). The predicted molar refractivity (Wildman–Crippen MR) is 77.1 cm³/mol. The van der Waals surface area contributed by atoms with E-state index in [2.05, 4.69) is 0 Å². The molecule has 0 unspecified atom stereocenters. The minimum Gasteiger partial charge on any atom is -0.481 e. The van der Waals surface area contributed by atoms with Crippen LogP contribution in [0, 0.1) is 5.92 Å². The van der Waals surface area contributed by atoms with Gasteiger partial charge in [0.1, 0.15) is 11.8 Å². The molecule has 0 spiro atoms. The largest absolute Gasteiger partial charge is 0.481 e. The van der Waals surface area contributed by atoms with Crippen molar-refractivity contribution in [3.63, 3.8) is 0 Å². The standard InChI is InChI=1S/C16H17NO4/c1-10-11(16(19)20)6-4-8-17(10)15(18)13-9-21-14-7-3-2-5-12(13)14/h2-3,5,7,9-11H,4,6,8H2,1H3,(H,19,20)/t10-,11-/m1/s1. The zero-order valence-electron chi connectivity index (χ0n) is 11.8. The van der Waals surface area contributed by atoms with Crippen molar-refractivity contribution in [2.24, 2.45) is 5.92 Å². The SMILES string of the molecule is C[C@@H]1[C@H](C(=O)O)CCCN1C(=O)c1coc2ccccc12. The molecule has 5 heteroatoms. The third kappa shape index (κ3) is 2.28. The van der Waals surface area contributed by atoms with Crippen molar-refractivity contribution < 1.29 is 19.1 Å². The Hall–Kier alpha value is -2.30. The highest BCUT2D eigenvalue weighted by atomic mass is 16.4. The highest BCUT2D eigenvalue weighted by Gasteiger charge is 2.36. The molecule has 2 aromatic rings. The fraction of sp³-hybridized carbons (Fsp3) is 0.375. The number of para-hydroxylation sites is 1. The van der Waals surface area contributed by atoms with Crippen molar-refractivity contribution in [1.82, 2.24) is 4.90 Å². The molecule has 1 aromatic carbocycles. The number of piperidine rings is 1. The molecular formula is C16H17NO4. The summed E-state index contributed by atoms with van der Waals surface area (Å²) in [5.74, 6) is -1.49. The highest BCUT2D eigenvalue weighted by molar-refractivity contribution is 6.06. The molecule has 0 saturated carbocycles. The zero-order valence-corrected chi connectivity index (χ0v) is 11.8. The summed E-state index contributed by atoms with van der Waals surface area (Å²) >= 11 is 0. The molecule has 2 atom stereocenters. The summed E-state index contributed by atoms with van der Waals surface area (Å²) in [6.07, 6.45) is 2.79. The number of carbonyl (C=O) groups is 2. The van der Waals surface area contributed by atoms with Crippen LogP contribution in [0.2, 0.25) is 0 Å². The number of likely N-dealkylation sites (tertiary alicyclic amines) is 1. The molecule has 1 amide bonds. The monoisotopic (exact) mass is 287 g/mol. The summed E-state index contributed by atoms with van der Waals surface area (Å²) in [6, 6.07) is 7.05. The first-order chi connectivity index (χ1) is 10.1. The Morgan fingerprint density at radius 1 is 1.33 bits per heavy atom. The van der Waals surface area contributed by atoms with Crippen molar-refractivity contribution in [1.29, 1.82) is 0 Å². The zero-order chi connectivity index (χ0) is 15.0. The second-order valence-corrected chi connectivity index (χ2v) is 5.47. The molecule has 2 heterocycles. The van der Waals surface area contributed by atoms with Crippen LogP contribution in [0.1, 0.15) is 30.1 Å². The van der Waals surface area contributed by atoms with E-state index in [0.717, 1.165) is 5.39 Å². The summed E-state index contributed by atoms with van der Waals surface area (Å²) in [4.78, 5) is 25.7. The van der Waals surface area contributed by atoms with Crippen LogP contribution in [-0.2, 0) is 4.79 Å². The van der Waals surface area contributed by atoms with Gasteiger partial charge in [0.2, 0.25) is 0 Å². The molecule has 0 aliphatic carbocycles. The lowest BCUT2D eigenvalue weighted by molar-refractivity contribution is -0.144. The van der Waals surface area contributed by atoms with E-state index in [1.54, 1.807) is 11.8 Å². The number of carboxylic acids is 1. The molecular weight excluding hydrogens is 270 g/mol. The Balaban J connectivity index is 1.92. The first-order valence-corrected chi connectivity index (χ1v) is 7.09. The van der Waals surface area contributed by atoms with E-state index in [4.69, 9.17) is 4.42 Å². The number of hydrogen-bond donors (Lipinski definition) is 1. The van der Waals surface area contributed by atoms with E-state index in [-0.39, 0.29) is 11.9 Å². The van der Waals surface area contributed by atoms with E-state index in [0.29, 0.717) is 30.5 Å². The molecule has 1 aliphatic rings. The van der Waals surface area contributed by atoms with Crippen LogP contribution in [0.15, 0.2) is 34.9 Å². The average Bonchev–Trinajstić information content (AvgIpc) is 2.90. The quantitative estimate of drug-likeness (QED) is 0.922. The molecule has 0 bridgehead atoms. The summed E-state index contributed by atoms with van der Waals surface area (Å²) in [6.45, 7) is 2.39. The fourth-order valence-electron chi connectivity index (χ4n) is 3.06. The van der Waals surface area contributed by atoms with Gasteiger partial charge in [0, 0.05) is 18.0 Å². The summed E-state index contributed by atoms with van der Waals surface area (Å²) in [5, 5.41) is 10.0. The lowest BCUT2D eigenvalue weighted by atomic mass is 9.90. The summed E-state index contributed by atoms with van der Waals surface area (Å²) < 4.78 is 5.41. The van der Waals surface area contributed by atoms with Gasteiger partial charge in [0.05, 0.1) is 11.5 Å². The first-order valence-electron chi connectivity index (χ1n) is 7.09. The Bertz CT molecular complexity index is 690. The van der Waals surface area contributed by atoms with E-state index in [1.165, 1.54) is 6.26 Å². The van der Waals surface area contributed by atoms with Crippen LogP contribution >= 0.6 is 0 Å². The topological polar surface area (TPSA) is 70.8 Å². The van der Waals surface area contributed by atoms with Crippen LogP contribution in [0.4, 0.5) is 0 Å². The number of benzene rings is 1. The number of fused-ring (bicyclic) bond motifs is 1. The van der Waals surface area contributed by atoms with Gasteiger partial charge in [-0.05, 0) is 25.8 Å². The van der Waals surface area contributed by atoms with Crippen molar-refractivity contribution in [3.8, 4) is 0 Å². The number of nitrogens with zero attached hydrogens (tertiary/aromatic N) is 1. The third-order valence-corrected chi connectivity index (χ3v) is 4.28. The van der Waals surface area contributed by atoms with Gasteiger partial charge >= 0.3 is 5.97 Å². The summed E-state index contributed by atoms with van der Waals surface area (Å²) in [5.41, 5.74) is 1.17. The second-order valence-electron chi connectivity index (χ2n) is 5.47. The van der Waals surface area contributed by atoms with Gasteiger partial charge in [0.25, 0.3) is 5.91 Å². The smallest absolute Gasteiger partial charge is 0.308 e. The number of hydrogen-bond acceptors (Lipinski definition) is 3.